The van der Waals surface area contributed by atoms with E-state index in [1.807, 2.05) is 34.6 Å². The summed E-state index contributed by atoms with van der Waals surface area (Å²) >= 11 is 0. The minimum atomic E-state index is -0.534. The van der Waals surface area contributed by atoms with E-state index >= 15 is 0 Å². The molecule has 0 radical (unpaired) electrons. The summed E-state index contributed by atoms with van der Waals surface area (Å²) in [6.07, 6.45) is -0.625. The molecule has 134 valence electrons. The lowest BCUT2D eigenvalue weighted by Crippen LogP contribution is -2.51. The van der Waals surface area contributed by atoms with Crippen molar-refractivity contribution in [2.45, 2.75) is 53.6 Å². The molecule has 0 saturated carbocycles. The van der Waals surface area contributed by atoms with Crippen molar-refractivity contribution in [1.29, 1.82) is 0 Å². The number of amides is 2. The fraction of sp³-hybridized carbons (Fsp3) is 0.812. The van der Waals surface area contributed by atoms with Gasteiger partial charge in [0.15, 0.2) is 0 Å². The highest BCUT2D eigenvalue weighted by Crippen LogP contribution is 2.12. The van der Waals surface area contributed by atoms with Gasteiger partial charge >= 0.3 is 12.1 Å². The van der Waals surface area contributed by atoms with Crippen molar-refractivity contribution in [1.82, 2.24) is 9.80 Å². The van der Waals surface area contributed by atoms with E-state index in [9.17, 15) is 14.4 Å². The van der Waals surface area contributed by atoms with Crippen LogP contribution in [-0.2, 0) is 19.1 Å². The highest BCUT2D eigenvalue weighted by atomic mass is 16.6. The fourth-order valence-corrected chi connectivity index (χ4v) is 1.91. The molecular formula is C16H30N2O5. The van der Waals surface area contributed by atoms with Crippen molar-refractivity contribution in [2.24, 2.45) is 0 Å². The van der Waals surface area contributed by atoms with Gasteiger partial charge in [0.2, 0.25) is 5.91 Å². The topological polar surface area (TPSA) is 76.2 Å². The molecule has 0 unspecified atom stereocenters. The second-order valence-corrected chi connectivity index (χ2v) is 5.83. The maximum absolute atomic E-state index is 11.9. The summed E-state index contributed by atoms with van der Waals surface area (Å²) in [6, 6.07) is 0. The van der Waals surface area contributed by atoms with Gasteiger partial charge < -0.3 is 19.3 Å². The lowest BCUT2D eigenvalue weighted by molar-refractivity contribution is -0.149. The number of carbonyl (C=O) groups is 3. The maximum atomic E-state index is 11.9. The zero-order chi connectivity index (χ0) is 18.0. The van der Waals surface area contributed by atoms with Gasteiger partial charge in [-0.3, -0.25) is 9.59 Å². The zero-order valence-electron chi connectivity index (χ0n) is 15.2. The lowest BCUT2D eigenvalue weighted by Gasteiger charge is -2.35. The fourth-order valence-electron chi connectivity index (χ4n) is 1.91. The van der Waals surface area contributed by atoms with Crippen LogP contribution >= 0.6 is 0 Å². The first kappa shape index (κ1) is 21.2. The third kappa shape index (κ3) is 8.42. The highest BCUT2D eigenvalue weighted by Gasteiger charge is 2.28. The van der Waals surface area contributed by atoms with Gasteiger partial charge in [-0.05, 0) is 27.7 Å². The monoisotopic (exact) mass is 330 g/mol. The Morgan fingerprint density at radius 1 is 0.957 bits per heavy atom. The van der Waals surface area contributed by atoms with E-state index in [1.54, 1.807) is 16.7 Å². The molecular weight excluding hydrogens is 300 g/mol. The second-order valence-electron chi connectivity index (χ2n) is 5.83. The number of hydrogen-bond donors (Lipinski definition) is 0. The van der Waals surface area contributed by atoms with E-state index < -0.39 is 11.6 Å². The van der Waals surface area contributed by atoms with Crippen LogP contribution in [0.15, 0.2) is 0 Å². The van der Waals surface area contributed by atoms with Crippen molar-refractivity contribution in [3.05, 3.63) is 0 Å². The first-order valence-corrected chi connectivity index (χ1v) is 8.14. The molecule has 1 heterocycles. The minimum Gasteiger partial charge on any atom is -0.466 e. The van der Waals surface area contributed by atoms with Gasteiger partial charge in [-0.25, -0.2) is 4.79 Å². The Morgan fingerprint density at radius 2 is 1.43 bits per heavy atom. The molecule has 0 aliphatic carbocycles. The molecule has 23 heavy (non-hydrogen) atoms. The lowest BCUT2D eigenvalue weighted by atomic mass is 10.2. The van der Waals surface area contributed by atoms with Crippen molar-refractivity contribution in [3.8, 4) is 0 Å². The van der Waals surface area contributed by atoms with Crippen LogP contribution < -0.4 is 0 Å². The zero-order valence-corrected chi connectivity index (χ0v) is 15.2. The van der Waals surface area contributed by atoms with Gasteiger partial charge in [0.1, 0.15) is 12.0 Å². The summed E-state index contributed by atoms with van der Waals surface area (Å²) in [7, 11) is 0. The number of piperazine rings is 1. The molecule has 0 spiro atoms. The predicted molar refractivity (Wildman–Crippen MR) is 87.0 cm³/mol. The molecule has 1 saturated heterocycles. The summed E-state index contributed by atoms with van der Waals surface area (Å²) in [4.78, 5) is 38.2. The molecule has 0 N–H and O–H groups in total. The van der Waals surface area contributed by atoms with Gasteiger partial charge in [0.25, 0.3) is 0 Å². The SMILES string of the molecule is CC.CCOC(=O)CC(=O)N1CCN(C(=O)OC(C)(C)C)CC1. The molecule has 0 aromatic carbocycles. The predicted octanol–water partition coefficient (Wildman–Crippen LogP) is 2.05. The molecule has 1 aliphatic rings. The van der Waals surface area contributed by atoms with Gasteiger partial charge in [-0.2, -0.15) is 0 Å². The third-order valence-corrected chi connectivity index (χ3v) is 2.88. The molecule has 0 bridgehead atoms. The van der Waals surface area contributed by atoms with E-state index in [0.29, 0.717) is 26.2 Å². The first-order chi connectivity index (χ1) is 10.7. The molecule has 0 atom stereocenters. The number of carbonyl (C=O) groups excluding carboxylic acids is 3. The van der Waals surface area contributed by atoms with Gasteiger partial charge in [-0.1, -0.05) is 13.8 Å². The van der Waals surface area contributed by atoms with Crippen LogP contribution in [0.1, 0.15) is 48.0 Å². The molecule has 7 nitrogen and oxygen atoms in total. The van der Waals surface area contributed by atoms with E-state index in [0.717, 1.165) is 0 Å². The summed E-state index contributed by atoms with van der Waals surface area (Å²) in [5.74, 6) is -0.783. The normalized spacial score (nSPS) is 14.5. The Kier molecular flexibility index (Phi) is 9.29. The molecule has 7 heteroatoms. The van der Waals surface area contributed by atoms with Gasteiger partial charge in [0, 0.05) is 26.2 Å². The average molecular weight is 330 g/mol. The van der Waals surface area contributed by atoms with E-state index in [-0.39, 0.29) is 25.0 Å². The maximum Gasteiger partial charge on any atom is 0.410 e. The second kappa shape index (κ2) is 10.1. The number of esters is 1. The third-order valence-electron chi connectivity index (χ3n) is 2.88. The summed E-state index contributed by atoms with van der Waals surface area (Å²) < 4.78 is 10.0. The number of hydrogen-bond acceptors (Lipinski definition) is 5. The van der Waals surface area contributed by atoms with Crippen LogP contribution in [0.5, 0.6) is 0 Å². The van der Waals surface area contributed by atoms with E-state index in [4.69, 9.17) is 9.47 Å². The van der Waals surface area contributed by atoms with Crippen LogP contribution in [-0.4, -0.2) is 66.2 Å². The van der Waals surface area contributed by atoms with Crippen molar-refractivity contribution >= 4 is 18.0 Å². The first-order valence-electron chi connectivity index (χ1n) is 8.14. The standard InChI is InChI=1S/C14H24N2O5.C2H6/c1-5-20-12(18)10-11(17)15-6-8-16(9-7-15)13(19)21-14(2,3)4;1-2/h5-10H2,1-4H3;1-2H3. The Labute approximate surface area is 138 Å². The summed E-state index contributed by atoms with van der Waals surface area (Å²) in [5.41, 5.74) is -0.534. The largest absolute Gasteiger partial charge is 0.466 e. The Bertz CT molecular complexity index is 396. The molecule has 1 fully saturated rings. The number of rotatable bonds is 3. The van der Waals surface area contributed by atoms with Crippen molar-refractivity contribution in [3.63, 3.8) is 0 Å². The molecule has 0 aromatic heterocycles. The molecule has 1 aliphatic heterocycles. The molecule has 2 amide bonds. The van der Waals surface area contributed by atoms with Crippen LogP contribution in [0.3, 0.4) is 0 Å². The average Bonchev–Trinajstić information content (AvgIpc) is 2.48. The quantitative estimate of drug-likeness (QED) is 0.585. The Balaban J connectivity index is 0.00000232. The summed E-state index contributed by atoms with van der Waals surface area (Å²) in [5, 5.41) is 0. The Hall–Kier alpha value is -1.79. The smallest absolute Gasteiger partial charge is 0.410 e. The van der Waals surface area contributed by atoms with Crippen molar-refractivity contribution in [2.75, 3.05) is 32.8 Å². The Morgan fingerprint density at radius 3 is 1.87 bits per heavy atom. The van der Waals surface area contributed by atoms with Crippen LogP contribution in [0.2, 0.25) is 0 Å². The van der Waals surface area contributed by atoms with Crippen molar-refractivity contribution < 1.29 is 23.9 Å². The van der Waals surface area contributed by atoms with Crippen LogP contribution in [0.4, 0.5) is 4.79 Å². The number of ether oxygens (including phenoxy) is 2. The molecule has 1 rings (SSSR count). The van der Waals surface area contributed by atoms with E-state index in [2.05, 4.69) is 0 Å². The highest BCUT2D eigenvalue weighted by molar-refractivity contribution is 5.94. The van der Waals surface area contributed by atoms with Gasteiger partial charge in [-0.15, -0.1) is 0 Å². The number of nitrogens with zero attached hydrogens (tertiary/aromatic N) is 2. The molecule has 0 aromatic rings. The minimum absolute atomic E-state index is 0.250. The summed E-state index contributed by atoms with van der Waals surface area (Å²) in [6.45, 7) is 13.0. The van der Waals surface area contributed by atoms with Crippen LogP contribution in [0, 0.1) is 0 Å². The van der Waals surface area contributed by atoms with E-state index in [1.165, 1.54) is 0 Å². The van der Waals surface area contributed by atoms with Crippen LogP contribution in [0.25, 0.3) is 0 Å². The van der Waals surface area contributed by atoms with Gasteiger partial charge in [0.05, 0.1) is 6.61 Å².